The highest BCUT2D eigenvalue weighted by Crippen LogP contribution is 2.24. The fourth-order valence-electron chi connectivity index (χ4n) is 3.29. The molecule has 0 unspecified atom stereocenters. The van der Waals surface area contributed by atoms with Gasteiger partial charge in [-0.05, 0) is 0 Å². The highest BCUT2D eigenvalue weighted by molar-refractivity contribution is 7.13. The highest BCUT2D eigenvalue weighted by atomic mass is 32.1. The van der Waals surface area contributed by atoms with Crippen molar-refractivity contribution >= 4 is 17.2 Å². The van der Waals surface area contributed by atoms with Gasteiger partial charge in [-0.3, -0.25) is 24.0 Å². The molecule has 8 nitrogen and oxygen atoms in total. The summed E-state index contributed by atoms with van der Waals surface area (Å²) in [7, 11) is 0. The highest BCUT2D eigenvalue weighted by Gasteiger charge is 2.22. The van der Waals surface area contributed by atoms with Crippen LogP contribution in [0.1, 0.15) is 5.69 Å². The van der Waals surface area contributed by atoms with Gasteiger partial charge < -0.3 is 4.90 Å². The molecule has 1 aliphatic rings. The van der Waals surface area contributed by atoms with Crippen LogP contribution in [-0.2, 0) is 17.9 Å². The smallest absolute Gasteiger partial charge is 0.328 e. The fraction of sp³-hybridized carbons (Fsp3) is 0.300. The quantitative estimate of drug-likeness (QED) is 0.677. The van der Waals surface area contributed by atoms with Crippen LogP contribution in [-0.4, -0.2) is 56.4 Å². The van der Waals surface area contributed by atoms with E-state index in [1.165, 1.54) is 16.8 Å². The molecule has 3 heterocycles. The first-order valence-electron chi connectivity index (χ1n) is 9.38. The normalized spacial score (nSPS) is 14.8. The van der Waals surface area contributed by atoms with Crippen LogP contribution in [0.25, 0.3) is 10.6 Å². The van der Waals surface area contributed by atoms with Gasteiger partial charge in [-0.2, -0.15) is 0 Å². The molecule has 1 aromatic carbocycles. The number of carbonyl (C=O) groups is 1. The maximum atomic E-state index is 12.5. The summed E-state index contributed by atoms with van der Waals surface area (Å²) in [5.74, 6) is -0.126. The SMILES string of the molecule is O=C(Cn1ccc(=O)[nH]c1=O)N1CCN(Cc2csc(-c3ccccc3)n2)CC1. The Hall–Kier alpha value is -3.04. The van der Waals surface area contributed by atoms with Gasteiger partial charge in [0.1, 0.15) is 11.6 Å². The fourth-order valence-corrected chi connectivity index (χ4v) is 4.11. The molecule has 1 N–H and O–H groups in total. The van der Waals surface area contributed by atoms with E-state index in [-0.39, 0.29) is 12.5 Å². The number of thiazole rings is 1. The second kappa shape index (κ2) is 8.54. The minimum absolute atomic E-state index is 0.0673. The molecule has 150 valence electrons. The zero-order valence-electron chi connectivity index (χ0n) is 15.8. The van der Waals surface area contributed by atoms with Crippen molar-refractivity contribution in [2.75, 3.05) is 26.2 Å². The van der Waals surface area contributed by atoms with E-state index in [4.69, 9.17) is 4.98 Å². The van der Waals surface area contributed by atoms with E-state index in [0.29, 0.717) is 13.1 Å². The first-order valence-corrected chi connectivity index (χ1v) is 10.3. The maximum absolute atomic E-state index is 12.5. The van der Waals surface area contributed by atoms with Crippen molar-refractivity contribution in [2.45, 2.75) is 13.1 Å². The topological polar surface area (TPSA) is 91.3 Å². The van der Waals surface area contributed by atoms with Gasteiger partial charge in [0.2, 0.25) is 5.91 Å². The van der Waals surface area contributed by atoms with Crippen LogP contribution in [0.4, 0.5) is 0 Å². The molecule has 0 atom stereocenters. The summed E-state index contributed by atoms with van der Waals surface area (Å²) < 4.78 is 1.22. The number of benzene rings is 1. The molecule has 3 aromatic rings. The Kier molecular flexibility index (Phi) is 5.68. The number of hydrogen-bond acceptors (Lipinski definition) is 6. The molecule has 1 amide bonds. The molecule has 0 radical (unpaired) electrons. The van der Waals surface area contributed by atoms with Crippen LogP contribution < -0.4 is 11.2 Å². The number of piperazine rings is 1. The van der Waals surface area contributed by atoms with Crippen molar-refractivity contribution < 1.29 is 4.79 Å². The Balaban J connectivity index is 1.30. The van der Waals surface area contributed by atoms with Gasteiger partial charge in [0.05, 0.1) is 5.69 Å². The van der Waals surface area contributed by atoms with Gasteiger partial charge in [0, 0.05) is 55.9 Å². The average molecular weight is 411 g/mol. The van der Waals surface area contributed by atoms with Gasteiger partial charge in [-0.25, -0.2) is 9.78 Å². The van der Waals surface area contributed by atoms with Crippen molar-refractivity contribution in [3.05, 3.63) is 74.5 Å². The summed E-state index contributed by atoms with van der Waals surface area (Å²) in [4.78, 5) is 46.3. The van der Waals surface area contributed by atoms with E-state index in [0.717, 1.165) is 35.9 Å². The molecule has 4 rings (SSSR count). The van der Waals surface area contributed by atoms with Crippen molar-refractivity contribution in [1.82, 2.24) is 24.3 Å². The van der Waals surface area contributed by atoms with Crippen LogP contribution in [0, 0.1) is 0 Å². The molecular weight excluding hydrogens is 390 g/mol. The van der Waals surface area contributed by atoms with Gasteiger partial charge in [0.15, 0.2) is 0 Å². The molecule has 0 aliphatic carbocycles. The van der Waals surface area contributed by atoms with E-state index < -0.39 is 11.2 Å². The number of aromatic nitrogens is 3. The molecule has 29 heavy (non-hydrogen) atoms. The number of H-pyrrole nitrogens is 1. The molecule has 0 saturated carbocycles. The molecule has 0 spiro atoms. The van der Waals surface area contributed by atoms with Crippen molar-refractivity contribution in [2.24, 2.45) is 0 Å². The predicted octanol–water partition coefficient (Wildman–Crippen LogP) is 1.00. The lowest BCUT2D eigenvalue weighted by Gasteiger charge is -2.34. The Labute approximate surface area is 171 Å². The first kappa shape index (κ1) is 19.3. The minimum atomic E-state index is -0.567. The second-order valence-electron chi connectivity index (χ2n) is 6.90. The summed E-state index contributed by atoms with van der Waals surface area (Å²) in [6.45, 7) is 3.40. The lowest BCUT2D eigenvalue weighted by Crippen LogP contribution is -2.49. The summed E-state index contributed by atoms with van der Waals surface area (Å²) in [6, 6.07) is 11.4. The number of rotatable bonds is 5. The van der Waals surface area contributed by atoms with Crippen LogP contribution >= 0.6 is 11.3 Å². The molecule has 1 aliphatic heterocycles. The van der Waals surface area contributed by atoms with Crippen LogP contribution in [0.2, 0.25) is 0 Å². The molecular formula is C20H21N5O3S. The lowest BCUT2D eigenvalue weighted by molar-refractivity contribution is -0.133. The number of nitrogens with zero attached hydrogens (tertiary/aromatic N) is 4. The predicted molar refractivity (Wildman–Crippen MR) is 111 cm³/mol. The number of aromatic amines is 1. The van der Waals surface area contributed by atoms with Crippen LogP contribution in [0.5, 0.6) is 0 Å². The second-order valence-corrected chi connectivity index (χ2v) is 7.76. The van der Waals surface area contributed by atoms with E-state index >= 15 is 0 Å². The largest absolute Gasteiger partial charge is 0.339 e. The Morgan fingerprint density at radius 1 is 1.07 bits per heavy atom. The third-order valence-corrected chi connectivity index (χ3v) is 5.83. The zero-order chi connectivity index (χ0) is 20.2. The molecule has 9 heteroatoms. The van der Waals surface area contributed by atoms with Crippen molar-refractivity contribution in [1.29, 1.82) is 0 Å². The van der Waals surface area contributed by atoms with E-state index in [1.54, 1.807) is 16.2 Å². The Morgan fingerprint density at radius 3 is 2.55 bits per heavy atom. The van der Waals surface area contributed by atoms with Gasteiger partial charge in [-0.15, -0.1) is 11.3 Å². The molecule has 0 bridgehead atoms. The lowest BCUT2D eigenvalue weighted by atomic mass is 10.2. The molecule has 1 fully saturated rings. The number of hydrogen-bond donors (Lipinski definition) is 1. The maximum Gasteiger partial charge on any atom is 0.328 e. The first-order chi connectivity index (χ1) is 14.1. The number of nitrogens with one attached hydrogen (secondary N) is 1. The standard InChI is InChI=1S/C20H21N5O3S/c26-17-6-7-25(20(28)22-17)13-18(27)24-10-8-23(9-11-24)12-16-14-29-19(21-16)15-4-2-1-3-5-15/h1-7,14H,8-13H2,(H,22,26,28). The summed E-state index contributed by atoms with van der Waals surface area (Å²) >= 11 is 1.64. The zero-order valence-corrected chi connectivity index (χ0v) is 16.6. The third kappa shape index (κ3) is 4.69. The van der Waals surface area contributed by atoms with Gasteiger partial charge in [0.25, 0.3) is 5.56 Å². The Morgan fingerprint density at radius 2 is 1.83 bits per heavy atom. The van der Waals surface area contributed by atoms with Crippen molar-refractivity contribution in [3.63, 3.8) is 0 Å². The minimum Gasteiger partial charge on any atom is -0.339 e. The molecule has 1 saturated heterocycles. The van der Waals surface area contributed by atoms with E-state index in [9.17, 15) is 14.4 Å². The number of amides is 1. The third-order valence-electron chi connectivity index (χ3n) is 4.89. The van der Waals surface area contributed by atoms with Gasteiger partial charge >= 0.3 is 5.69 Å². The Bertz CT molecular complexity index is 1100. The molecule has 2 aromatic heterocycles. The van der Waals surface area contributed by atoms with Gasteiger partial charge in [-0.1, -0.05) is 30.3 Å². The number of carbonyl (C=O) groups excluding carboxylic acids is 1. The van der Waals surface area contributed by atoms with Crippen LogP contribution in [0.3, 0.4) is 0 Å². The summed E-state index contributed by atoms with van der Waals surface area (Å²) in [5.41, 5.74) is 1.12. The summed E-state index contributed by atoms with van der Waals surface area (Å²) in [6.07, 6.45) is 1.35. The van der Waals surface area contributed by atoms with E-state index in [1.807, 2.05) is 18.2 Å². The summed E-state index contributed by atoms with van der Waals surface area (Å²) in [5, 5.41) is 3.10. The van der Waals surface area contributed by atoms with E-state index in [2.05, 4.69) is 27.4 Å². The average Bonchev–Trinajstić information content (AvgIpc) is 3.20. The van der Waals surface area contributed by atoms with Crippen molar-refractivity contribution in [3.8, 4) is 10.6 Å². The monoisotopic (exact) mass is 411 g/mol. The van der Waals surface area contributed by atoms with Crippen LogP contribution in [0.15, 0.2) is 57.6 Å².